The van der Waals surface area contributed by atoms with Gasteiger partial charge in [-0.1, -0.05) is 12.1 Å². The molecule has 1 aliphatic heterocycles. The topological polar surface area (TPSA) is 90.2 Å². The molecular weight excluding hydrogens is 595 g/mol. The van der Waals surface area contributed by atoms with E-state index >= 15 is 0 Å². The summed E-state index contributed by atoms with van der Waals surface area (Å²) >= 11 is 3.17. The third-order valence-electron chi connectivity index (χ3n) is 6.87. The van der Waals surface area contributed by atoms with Crippen molar-refractivity contribution >= 4 is 39.2 Å². The summed E-state index contributed by atoms with van der Waals surface area (Å²) in [4.78, 5) is 27.4. The molecule has 0 spiro atoms. The zero-order valence-electron chi connectivity index (χ0n) is 23.1. The molecule has 10 heteroatoms. The minimum atomic E-state index is -0.812. The summed E-state index contributed by atoms with van der Waals surface area (Å²) in [5.74, 6) is -0.0699. The van der Waals surface area contributed by atoms with Crippen LogP contribution < -0.4 is 24.4 Å². The maximum Gasteiger partial charge on any atom is 0.379 e. The van der Waals surface area contributed by atoms with Crippen LogP contribution >= 0.6 is 15.9 Å². The smallest absolute Gasteiger partial charge is 0.379 e. The standard InChI is InChI=1S/C31H28BrFN2O6/c1-17-6-7-18(33)14-25(17)39-16-22-20(10-11-23-28(22)35(4)30(37)31(2,3)34-23)21-9-8-19(15-26(21)38-5)40-29(36)24-12-13-27(32)41-24/h6-15,34H,16H2,1-5H3. The summed E-state index contributed by atoms with van der Waals surface area (Å²) in [6.07, 6.45) is 0. The first kappa shape index (κ1) is 28.2. The van der Waals surface area contributed by atoms with Crippen molar-refractivity contribution in [2.24, 2.45) is 0 Å². The zero-order chi connectivity index (χ0) is 29.5. The van der Waals surface area contributed by atoms with E-state index in [0.717, 1.165) is 16.8 Å². The van der Waals surface area contributed by atoms with Crippen molar-refractivity contribution in [1.29, 1.82) is 0 Å². The second-order valence-corrected chi connectivity index (χ2v) is 10.9. The highest BCUT2D eigenvalue weighted by Crippen LogP contribution is 2.45. The van der Waals surface area contributed by atoms with Gasteiger partial charge in [0.1, 0.15) is 35.2 Å². The van der Waals surface area contributed by atoms with Crippen LogP contribution in [0.15, 0.2) is 69.8 Å². The Labute approximate surface area is 245 Å². The molecule has 0 radical (unpaired) electrons. The Hall–Kier alpha value is -4.31. The van der Waals surface area contributed by atoms with Crippen LogP contribution in [0.4, 0.5) is 15.8 Å². The van der Waals surface area contributed by atoms with Gasteiger partial charge in [-0.2, -0.15) is 0 Å². The van der Waals surface area contributed by atoms with Crippen LogP contribution in [0.1, 0.15) is 35.5 Å². The lowest BCUT2D eigenvalue weighted by Crippen LogP contribution is -2.52. The number of halogens is 2. The van der Waals surface area contributed by atoms with Crippen molar-refractivity contribution in [2.75, 3.05) is 24.4 Å². The van der Waals surface area contributed by atoms with Gasteiger partial charge >= 0.3 is 5.97 Å². The van der Waals surface area contributed by atoms with Gasteiger partial charge in [0.05, 0.1) is 18.5 Å². The largest absolute Gasteiger partial charge is 0.496 e. The monoisotopic (exact) mass is 622 g/mol. The Balaban J connectivity index is 1.58. The number of furan rings is 1. The van der Waals surface area contributed by atoms with Gasteiger partial charge in [-0.15, -0.1) is 0 Å². The third-order valence-corrected chi connectivity index (χ3v) is 7.30. The Morgan fingerprint density at radius 2 is 1.80 bits per heavy atom. The van der Waals surface area contributed by atoms with Gasteiger partial charge in [-0.3, -0.25) is 4.79 Å². The number of carbonyl (C=O) groups excluding carboxylic acids is 2. The summed E-state index contributed by atoms with van der Waals surface area (Å²) in [6.45, 7) is 5.51. The van der Waals surface area contributed by atoms with E-state index in [4.69, 9.17) is 18.6 Å². The number of fused-ring (bicyclic) bond motifs is 1. The summed E-state index contributed by atoms with van der Waals surface area (Å²) in [5.41, 5.74) is 3.45. The lowest BCUT2D eigenvalue weighted by molar-refractivity contribution is -0.121. The van der Waals surface area contributed by atoms with E-state index in [2.05, 4.69) is 21.2 Å². The normalized spacial score (nSPS) is 13.8. The first-order chi connectivity index (χ1) is 19.5. The highest BCUT2D eigenvalue weighted by molar-refractivity contribution is 9.10. The molecule has 3 aromatic carbocycles. The number of carbonyl (C=O) groups is 2. The van der Waals surface area contributed by atoms with Crippen LogP contribution in [-0.2, 0) is 11.4 Å². The second kappa shape index (κ2) is 10.9. The molecule has 0 atom stereocenters. The molecular formula is C31H28BrFN2O6. The molecule has 8 nitrogen and oxygen atoms in total. The first-order valence-corrected chi connectivity index (χ1v) is 13.5. The van der Waals surface area contributed by atoms with E-state index < -0.39 is 17.3 Å². The number of likely N-dealkylation sites (N-methyl/N-ethyl adjacent to an activating group) is 1. The van der Waals surface area contributed by atoms with Gasteiger partial charge in [0, 0.05) is 30.3 Å². The minimum absolute atomic E-state index is 0.0375. The molecule has 1 aromatic heterocycles. The molecule has 1 amide bonds. The third kappa shape index (κ3) is 5.52. The first-order valence-electron chi connectivity index (χ1n) is 12.8. The van der Waals surface area contributed by atoms with Gasteiger partial charge in [0.15, 0.2) is 4.67 Å². The fraction of sp³-hybridized carbons (Fsp3) is 0.226. The van der Waals surface area contributed by atoms with Crippen molar-refractivity contribution in [3.05, 3.63) is 88.0 Å². The number of ether oxygens (including phenoxy) is 3. The molecule has 212 valence electrons. The maximum absolute atomic E-state index is 14.0. The van der Waals surface area contributed by atoms with Gasteiger partial charge < -0.3 is 28.8 Å². The van der Waals surface area contributed by atoms with Crippen molar-refractivity contribution in [1.82, 2.24) is 0 Å². The summed E-state index contributed by atoms with van der Waals surface area (Å²) in [7, 11) is 3.23. The molecule has 41 heavy (non-hydrogen) atoms. The minimum Gasteiger partial charge on any atom is -0.496 e. The summed E-state index contributed by atoms with van der Waals surface area (Å²) in [5, 5.41) is 3.32. The number of methoxy groups -OCH3 is 1. The number of nitrogens with one attached hydrogen (secondary N) is 1. The summed E-state index contributed by atoms with van der Waals surface area (Å²) < 4.78 is 37.1. The Bertz CT molecular complexity index is 1660. The molecule has 0 saturated heterocycles. The number of nitrogens with zero attached hydrogens (tertiary/aromatic N) is 1. The molecule has 5 rings (SSSR count). The van der Waals surface area contributed by atoms with Crippen molar-refractivity contribution < 1.29 is 32.6 Å². The lowest BCUT2D eigenvalue weighted by atomic mass is 9.91. The number of anilines is 2. The van der Waals surface area contributed by atoms with Gasteiger partial charge in [0.2, 0.25) is 5.76 Å². The molecule has 0 bridgehead atoms. The average Bonchev–Trinajstić information content (AvgIpc) is 3.38. The molecule has 4 aromatic rings. The molecule has 1 aliphatic rings. The van der Waals surface area contributed by atoms with Crippen LogP contribution in [0.25, 0.3) is 11.1 Å². The number of esters is 1. The molecule has 1 N–H and O–H groups in total. The van der Waals surface area contributed by atoms with E-state index in [1.807, 2.05) is 32.9 Å². The van der Waals surface area contributed by atoms with Crippen LogP contribution in [-0.4, -0.2) is 31.6 Å². The molecule has 2 heterocycles. The number of benzene rings is 3. The molecule has 0 fully saturated rings. The Morgan fingerprint density at radius 1 is 1.05 bits per heavy atom. The van der Waals surface area contributed by atoms with Crippen LogP contribution in [0.2, 0.25) is 0 Å². The van der Waals surface area contributed by atoms with Crippen LogP contribution in [0.5, 0.6) is 17.2 Å². The SMILES string of the molecule is COc1cc(OC(=O)c2ccc(Br)o2)ccc1-c1ccc2c(c1COc1cc(F)ccc1C)N(C)C(=O)C(C)(C)N2. The Kier molecular flexibility index (Phi) is 7.52. The van der Waals surface area contributed by atoms with E-state index in [1.165, 1.54) is 25.3 Å². The quantitative estimate of drug-likeness (QED) is 0.173. The van der Waals surface area contributed by atoms with Crippen molar-refractivity contribution in [3.63, 3.8) is 0 Å². The van der Waals surface area contributed by atoms with E-state index in [9.17, 15) is 14.0 Å². The van der Waals surface area contributed by atoms with Gasteiger partial charge in [-0.25, -0.2) is 9.18 Å². The number of hydrogen-bond acceptors (Lipinski definition) is 7. The zero-order valence-corrected chi connectivity index (χ0v) is 24.7. The van der Waals surface area contributed by atoms with E-state index in [0.29, 0.717) is 33.0 Å². The summed E-state index contributed by atoms with van der Waals surface area (Å²) in [6, 6.07) is 16.3. The highest BCUT2D eigenvalue weighted by Gasteiger charge is 2.38. The van der Waals surface area contributed by atoms with Crippen molar-refractivity contribution in [2.45, 2.75) is 32.9 Å². The van der Waals surface area contributed by atoms with Crippen LogP contribution in [0.3, 0.4) is 0 Å². The fourth-order valence-corrected chi connectivity index (χ4v) is 5.15. The van der Waals surface area contributed by atoms with Gasteiger partial charge in [-0.05, 0) is 84.2 Å². The molecule has 0 saturated carbocycles. The van der Waals surface area contributed by atoms with Crippen molar-refractivity contribution in [3.8, 4) is 28.4 Å². The lowest BCUT2D eigenvalue weighted by Gasteiger charge is -2.39. The van der Waals surface area contributed by atoms with Crippen LogP contribution in [0, 0.1) is 12.7 Å². The molecule has 0 unspecified atom stereocenters. The maximum atomic E-state index is 14.0. The fourth-order valence-electron chi connectivity index (χ4n) is 4.85. The predicted molar refractivity (Wildman–Crippen MR) is 156 cm³/mol. The predicted octanol–water partition coefficient (Wildman–Crippen LogP) is 7.13. The van der Waals surface area contributed by atoms with E-state index in [-0.39, 0.29) is 24.0 Å². The highest BCUT2D eigenvalue weighted by atomic mass is 79.9. The number of hydrogen-bond donors (Lipinski definition) is 1. The van der Waals surface area contributed by atoms with E-state index in [1.54, 1.807) is 42.3 Å². The second-order valence-electron chi connectivity index (χ2n) is 10.2. The molecule has 0 aliphatic carbocycles. The number of rotatable bonds is 7. The average molecular weight is 623 g/mol. The number of aryl methyl sites for hydroxylation is 1. The van der Waals surface area contributed by atoms with Gasteiger partial charge in [0.25, 0.3) is 5.91 Å². The Morgan fingerprint density at radius 3 is 2.51 bits per heavy atom. The number of amides is 1.